The summed E-state index contributed by atoms with van der Waals surface area (Å²) in [5.41, 5.74) is 4.16. The molecular formula is C26H30N4O. The molecule has 2 aromatic heterocycles. The lowest BCUT2D eigenvalue weighted by Crippen LogP contribution is -2.46. The number of carbonyl (C=O) groups excluding carboxylic acids is 1. The summed E-state index contributed by atoms with van der Waals surface area (Å²) >= 11 is 0. The van der Waals surface area contributed by atoms with Gasteiger partial charge in [0.1, 0.15) is 0 Å². The summed E-state index contributed by atoms with van der Waals surface area (Å²) in [5.74, 6) is 0.156. The van der Waals surface area contributed by atoms with E-state index in [9.17, 15) is 4.79 Å². The second-order valence-corrected chi connectivity index (χ2v) is 8.85. The molecule has 1 N–H and O–H groups in total. The maximum Gasteiger partial charge on any atom is 0.228 e. The van der Waals surface area contributed by atoms with E-state index in [2.05, 4.69) is 56.6 Å². The first-order chi connectivity index (χ1) is 15.0. The van der Waals surface area contributed by atoms with Gasteiger partial charge in [0.15, 0.2) is 0 Å². The van der Waals surface area contributed by atoms with Crippen LogP contribution in [0.4, 0.5) is 0 Å². The van der Waals surface area contributed by atoms with E-state index in [-0.39, 0.29) is 11.9 Å². The lowest BCUT2D eigenvalue weighted by molar-refractivity contribution is -0.131. The van der Waals surface area contributed by atoms with Crippen molar-refractivity contribution in [3.05, 3.63) is 84.4 Å². The van der Waals surface area contributed by atoms with E-state index in [0.717, 1.165) is 43.6 Å². The molecule has 1 aliphatic heterocycles. The van der Waals surface area contributed by atoms with Crippen LogP contribution in [-0.2, 0) is 17.8 Å². The summed E-state index contributed by atoms with van der Waals surface area (Å²) in [7, 11) is 0. The Balaban J connectivity index is 1.57. The molecule has 1 fully saturated rings. The molecule has 0 unspecified atom stereocenters. The molecule has 1 aromatic carbocycles. The van der Waals surface area contributed by atoms with Crippen molar-refractivity contribution in [2.75, 3.05) is 13.1 Å². The number of hydrogen-bond donors (Lipinski definition) is 1. The van der Waals surface area contributed by atoms with Crippen LogP contribution < -0.4 is 5.32 Å². The lowest BCUT2D eigenvalue weighted by Gasteiger charge is -2.30. The third-order valence-corrected chi connectivity index (χ3v) is 5.93. The molecule has 3 aromatic rings. The second-order valence-electron chi connectivity index (χ2n) is 8.85. The highest BCUT2D eigenvalue weighted by Crippen LogP contribution is 2.36. The van der Waals surface area contributed by atoms with Gasteiger partial charge in [-0.05, 0) is 67.6 Å². The molecule has 1 aliphatic rings. The van der Waals surface area contributed by atoms with Crippen LogP contribution >= 0.6 is 0 Å². The standard InChI is InChI=1S/C26H30N4O/c1-20(2)29-25(31)26(10-13-30(19-26)18-22-7-4-11-27-16-22)15-21-6-3-8-23(14-21)24-9-5-12-28-17-24/h3-9,11-12,14,16-17,20H,10,13,15,18-19H2,1-2H3,(H,29,31)/t26-/m0/s1. The van der Waals surface area contributed by atoms with E-state index in [1.165, 1.54) is 11.1 Å². The van der Waals surface area contributed by atoms with E-state index in [1.807, 2.05) is 38.4 Å². The van der Waals surface area contributed by atoms with Crippen molar-refractivity contribution in [2.45, 2.75) is 39.3 Å². The highest BCUT2D eigenvalue weighted by atomic mass is 16.2. The predicted molar refractivity (Wildman–Crippen MR) is 123 cm³/mol. The minimum atomic E-state index is -0.431. The zero-order chi connectivity index (χ0) is 21.7. The van der Waals surface area contributed by atoms with Crippen LogP contribution in [0.15, 0.2) is 73.3 Å². The monoisotopic (exact) mass is 414 g/mol. The number of rotatable bonds is 7. The van der Waals surface area contributed by atoms with Crippen molar-refractivity contribution in [2.24, 2.45) is 5.41 Å². The number of aromatic nitrogens is 2. The van der Waals surface area contributed by atoms with Crippen LogP contribution in [0.25, 0.3) is 11.1 Å². The third kappa shape index (κ3) is 5.17. The van der Waals surface area contributed by atoms with Crippen molar-refractivity contribution in [3.8, 4) is 11.1 Å². The number of pyridine rings is 2. The van der Waals surface area contributed by atoms with E-state index in [0.29, 0.717) is 0 Å². The maximum absolute atomic E-state index is 13.4. The Morgan fingerprint density at radius 3 is 2.48 bits per heavy atom. The first kappa shape index (κ1) is 21.2. The van der Waals surface area contributed by atoms with Gasteiger partial charge in [0.2, 0.25) is 5.91 Å². The zero-order valence-electron chi connectivity index (χ0n) is 18.3. The van der Waals surface area contributed by atoms with Crippen LogP contribution in [-0.4, -0.2) is 39.9 Å². The highest BCUT2D eigenvalue weighted by molar-refractivity contribution is 5.84. The Kier molecular flexibility index (Phi) is 6.42. The fourth-order valence-electron chi connectivity index (χ4n) is 4.45. The molecule has 1 amide bonds. The number of hydrogen-bond acceptors (Lipinski definition) is 4. The zero-order valence-corrected chi connectivity index (χ0v) is 18.3. The quantitative estimate of drug-likeness (QED) is 0.632. The Hall–Kier alpha value is -3.05. The summed E-state index contributed by atoms with van der Waals surface area (Å²) in [6.45, 7) is 6.52. The molecule has 0 saturated carbocycles. The van der Waals surface area contributed by atoms with Gasteiger partial charge in [-0.1, -0.05) is 36.4 Å². The fourth-order valence-corrected chi connectivity index (χ4v) is 4.45. The Bertz CT molecular complexity index is 1010. The van der Waals surface area contributed by atoms with Crippen LogP contribution in [0.3, 0.4) is 0 Å². The third-order valence-electron chi connectivity index (χ3n) is 5.93. The molecule has 5 heteroatoms. The van der Waals surface area contributed by atoms with Crippen molar-refractivity contribution >= 4 is 5.91 Å². The van der Waals surface area contributed by atoms with E-state index in [4.69, 9.17) is 0 Å². The second kappa shape index (κ2) is 9.40. The number of nitrogens with zero attached hydrogens (tertiary/aromatic N) is 3. The molecule has 5 nitrogen and oxygen atoms in total. The van der Waals surface area contributed by atoms with Crippen molar-refractivity contribution in [1.29, 1.82) is 0 Å². The van der Waals surface area contributed by atoms with E-state index in [1.54, 1.807) is 12.4 Å². The smallest absolute Gasteiger partial charge is 0.228 e. The Morgan fingerprint density at radius 2 is 1.77 bits per heavy atom. The molecule has 0 bridgehead atoms. The van der Waals surface area contributed by atoms with Gasteiger partial charge in [-0.3, -0.25) is 19.7 Å². The number of nitrogens with one attached hydrogen (secondary N) is 1. The number of amides is 1. The summed E-state index contributed by atoms with van der Waals surface area (Å²) in [6.07, 6.45) is 8.94. The Morgan fingerprint density at radius 1 is 1.03 bits per heavy atom. The number of likely N-dealkylation sites (tertiary alicyclic amines) is 1. The first-order valence-corrected chi connectivity index (χ1v) is 11.0. The van der Waals surface area contributed by atoms with Crippen LogP contribution in [0, 0.1) is 5.41 Å². The molecule has 31 heavy (non-hydrogen) atoms. The first-order valence-electron chi connectivity index (χ1n) is 11.0. The number of carbonyl (C=O) groups is 1. The van der Waals surface area contributed by atoms with Crippen LogP contribution in [0.2, 0.25) is 0 Å². The molecular weight excluding hydrogens is 384 g/mol. The maximum atomic E-state index is 13.4. The van der Waals surface area contributed by atoms with Gasteiger partial charge in [-0.2, -0.15) is 0 Å². The largest absolute Gasteiger partial charge is 0.353 e. The summed E-state index contributed by atoms with van der Waals surface area (Å²) < 4.78 is 0. The lowest BCUT2D eigenvalue weighted by atomic mass is 9.79. The van der Waals surface area contributed by atoms with Crippen LogP contribution in [0.1, 0.15) is 31.4 Å². The van der Waals surface area contributed by atoms with Gasteiger partial charge in [0.25, 0.3) is 0 Å². The van der Waals surface area contributed by atoms with E-state index >= 15 is 0 Å². The molecule has 1 saturated heterocycles. The van der Waals surface area contributed by atoms with Gasteiger partial charge in [-0.15, -0.1) is 0 Å². The summed E-state index contributed by atoms with van der Waals surface area (Å²) in [4.78, 5) is 24.2. The summed E-state index contributed by atoms with van der Waals surface area (Å²) in [6, 6.07) is 16.7. The molecule has 160 valence electrons. The number of benzene rings is 1. The minimum absolute atomic E-state index is 0.124. The molecule has 1 atom stereocenters. The molecule has 3 heterocycles. The van der Waals surface area contributed by atoms with Crippen molar-refractivity contribution < 1.29 is 4.79 Å². The van der Waals surface area contributed by atoms with Gasteiger partial charge < -0.3 is 5.32 Å². The normalized spacial score (nSPS) is 18.9. The van der Waals surface area contributed by atoms with E-state index < -0.39 is 5.41 Å². The van der Waals surface area contributed by atoms with Crippen molar-refractivity contribution in [3.63, 3.8) is 0 Å². The van der Waals surface area contributed by atoms with Crippen LogP contribution in [0.5, 0.6) is 0 Å². The van der Waals surface area contributed by atoms with Gasteiger partial charge in [0, 0.05) is 43.9 Å². The topological polar surface area (TPSA) is 58.1 Å². The molecule has 0 radical (unpaired) electrons. The molecule has 0 spiro atoms. The van der Waals surface area contributed by atoms with Crippen molar-refractivity contribution in [1.82, 2.24) is 20.2 Å². The highest BCUT2D eigenvalue weighted by Gasteiger charge is 2.44. The van der Waals surface area contributed by atoms with Gasteiger partial charge >= 0.3 is 0 Å². The molecule has 4 rings (SSSR count). The SMILES string of the molecule is CC(C)NC(=O)[C@]1(Cc2cccc(-c3cccnc3)c2)CCN(Cc2cccnc2)C1. The fraction of sp³-hybridized carbons (Fsp3) is 0.346. The van der Waals surface area contributed by atoms with Gasteiger partial charge in [-0.25, -0.2) is 0 Å². The van der Waals surface area contributed by atoms with Gasteiger partial charge in [0.05, 0.1) is 5.41 Å². The summed E-state index contributed by atoms with van der Waals surface area (Å²) in [5, 5.41) is 3.19. The average molecular weight is 415 g/mol. The molecule has 0 aliphatic carbocycles. The Labute approximate surface area is 184 Å². The predicted octanol–water partition coefficient (Wildman–Crippen LogP) is 4.10. The average Bonchev–Trinajstić information content (AvgIpc) is 3.18. The minimum Gasteiger partial charge on any atom is -0.353 e.